The maximum absolute atomic E-state index is 13.2. The molecule has 0 aliphatic carbocycles. The molecule has 0 radical (unpaired) electrons. The lowest BCUT2D eigenvalue weighted by Crippen LogP contribution is -2.44. The Morgan fingerprint density at radius 3 is 2.23 bits per heavy atom. The highest BCUT2D eigenvalue weighted by molar-refractivity contribution is 5.99. The summed E-state index contributed by atoms with van der Waals surface area (Å²) in [5.41, 5.74) is 12.4. The van der Waals surface area contributed by atoms with Crippen molar-refractivity contribution in [1.82, 2.24) is 20.1 Å². The number of piperidine rings is 1. The number of carbonyl (C=O) groups excluding carboxylic acids is 2. The van der Waals surface area contributed by atoms with Gasteiger partial charge in [-0.2, -0.15) is 0 Å². The van der Waals surface area contributed by atoms with Crippen molar-refractivity contribution in [3.8, 4) is 0 Å². The number of rotatable bonds is 7. The van der Waals surface area contributed by atoms with Gasteiger partial charge in [-0.3, -0.25) is 19.4 Å². The van der Waals surface area contributed by atoms with Crippen molar-refractivity contribution in [2.45, 2.75) is 44.9 Å². The second kappa shape index (κ2) is 11.2. The molecule has 2 aliphatic rings. The smallest absolute Gasteiger partial charge is 0.251 e. The number of nitrogens with two attached hydrogens (primary N) is 1. The lowest BCUT2D eigenvalue weighted by molar-refractivity contribution is 0.0908. The zero-order valence-electron chi connectivity index (χ0n) is 22.5. The molecule has 206 valence electrons. The van der Waals surface area contributed by atoms with Gasteiger partial charge in [0.25, 0.3) is 5.91 Å². The topological polar surface area (TPSA) is 94.5 Å². The van der Waals surface area contributed by atoms with E-state index in [-0.39, 0.29) is 17.8 Å². The lowest BCUT2D eigenvalue weighted by atomic mass is 10.0. The average Bonchev–Trinajstić information content (AvgIpc) is 3.33. The van der Waals surface area contributed by atoms with Crippen LogP contribution in [0.15, 0.2) is 66.7 Å². The van der Waals surface area contributed by atoms with E-state index in [0.29, 0.717) is 11.1 Å². The van der Waals surface area contributed by atoms with Crippen LogP contribution in [-0.4, -0.2) is 52.3 Å². The third-order valence-corrected chi connectivity index (χ3v) is 8.20. The van der Waals surface area contributed by atoms with E-state index in [4.69, 9.17) is 5.73 Å². The Balaban J connectivity index is 1.08. The number of likely N-dealkylation sites (tertiary alicyclic amines) is 1. The van der Waals surface area contributed by atoms with Crippen molar-refractivity contribution in [2.75, 3.05) is 19.6 Å². The Morgan fingerprint density at radius 2 is 1.52 bits per heavy atom. The van der Waals surface area contributed by atoms with Crippen molar-refractivity contribution in [3.05, 3.63) is 106 Å². The minimum Gasteiger partial charge on any atom is -0.366 e. The first kappa shape index (κ1) is 26.2. The summed E-state index contributed by atoms with van der Waals surface area (Å²) in [7, 11) is 0. The largest absolute Gasteiger partial charge is 0.366 e. The molecular formula is C32H34FN5O2. The molecule has 6 rings (SSSR count). The number of aromatic amines is 1. The van der Waals surface area contributed by atoms with Crippen molar-refractivity contribution < 1.29 is 14.0 Å². The number of nitrogens with zero attached hydrogens (tertiary/aromatic N) is 2. The van der Waals surface area contributed by atoms with E-state index in [1.807, 2.05) is 42.5 Å². The van der Waals surface area contributed by atoms with E-state index < -0.39 is 5.91 Å². The van der Waals surface area contributed by atoms with Crippen molar-refractivity contribution >= 4 is 22.7 Å². The Labute approximate surface area is 233 Å². The SMILES string of the molecule is NC(=O)c1ccc(CN2CCc3[nH]c4ccc(C(=O)NC5CCN(Cc6ccc(F)cc6)CC5)cc4c3C2)cc1. The van der Waals surface area contributed by atoms with Crippen LogP contribution in [-0.2, 0) is 26.1 Å². The molecule has 7 nitrogen and oxygen atoms in total. The molecule has 1 saturated heterocycles. The molecule has 0 atom stereocenters. The van der Waals surface area contributed by atoms with Crippen LogP contribution < -0.4 is 11.1 Å². The number of amides is 2. The molecule has 2 aliphatic heterocycles. The molecule has 4 aromatic rings. The molecule has 1 fully saturated rings. The zero-order valence-corrected chi connectivity index (χ0v) is 22.5. The molecule has 0 saturated carbocycles. The van der Waals surface area contributed by atoms with E-state index in [0.717, 1.165) is 80.6 Å². The van der Waals surface area contributed by atoms with Gasteiger partial charge in [-0.25, -0.2) is 4.39 Å². The van der Waals surface area contributed by atoms with E-state index in [1.54, 1.807) is 12.1 Å². The number of hydrogen-bond acceptors (Lipinski definition) is 4. The van der Waals surface area contributed by atoms with Crippen LogP contribution in [0, 0.1) is 5.82 Å². The fraction of sp³-hybridized carbons (Fsp3) is 0.312. The fourth-order valence-corrected chi connectivity index (χ4v) is 5.93. The molecule has 1 aromatic heterocycles. The summed E-state index contributed by atoms with van der Waals surface area (Å²) < 4.78 is 13.2. The van der Waals surface area contributed by atoms with Gasteiger partial charge < -0.3 is 16.0 Å². The zero-order chi connectivity index (χ0) is 27.6. The van der Waals surface area contributed by atoms with Crippen molar-refractivity contribution in [3.63, 3.8) is 0 Å². The summed E-state index contributed by atoms with van der Waals surface area (Å²) in [5.74, 6) is -0.662. The number of hydrogen-bond donors (Lipinski definition) is 3. The normalized spacial score (nSPS) is 16.6. The first-order chi connectivity index (χ1) is 19.4. The molecule has 0 bridgehead atoms. The second-order valence-electron chi connectivity index (χ2n) is 11.0. The summed E-state index contributed by atoms with van der Waals surface area (Å²) in [5, 5.41) is 4.35. The Morgan fingerprint density at radius 1 is 0.875 bits per heavy atom. The van der Waals surface area contributed by atoms with Gasteiger partial charge >= 0.3 is 0 Å². The van der Waals surface area contributed by atoms with Crippen LogP contribution in [0.1, 0.15) is 55.9 Å². The third-order valence-electron chi connectivity index (χ3n) is 8.20. The van der Waals surface area contributed by atoms with E-state index in [9.17, 15) is 14.0 Å². The number of nitrogens with one attached hydrogen (secondary N) is 2. The standard InChI is InChI=1S/C32H34FN5O2/c33-25-8-3-22(4-9-25)18-37-14-11-26(12-15-37)35-32(40)24-7-10-29-27(17-24)28-20-38(16-13-30(28)36-29)19-21-1-5-23(6-2-21)31(34)39/h1-10,17,26,36H,11-16,18-20H2,(H2,34,39)(H,35,40). The highest BCUT2D eigenvalue weighted by Gasteiger charge is 2.24. The molecule has 2 amide bonds. The minimum absolute atomic E-state index is 0.0314. The average molecular weight is 540 g/mol. The Kier molecular flexibility index (Phi) is 7.36. The molecule has 4 N–H and O–H groups in total. The van der Waals surface area contributed by atoms with Crippen LogP contribution in [0.2, 0.25) is 0 Å². The number of H-pyrrole nitrogens is 1. The van der Waals surface area contributed by atoms with Crippen molar-refractivity contribution in [2.24, 2.45) is 5.73 Å². The Hall–Kier alpha value is -4.01. The maximum Gasteiger partial charge on any atom is 0.251 e. The van der Waals surface area contributed by atoms with Crippen LogP contribution in [0.4, 0.5) is 4.39 Å². The molecule has 3 heterocycles. The summed E-state index contributed by atoms with van der Waals surface area (Å²) in [6, 6.07) is 20.2. The number of benzene rings is 3. The van der Waals surface area contributed by atoms with Gasteiger partial charge in [-0.05, 0) is 72.0 Å². The van der Waals surface area contributed by atoms with Gasteiger partial charge in [0.1, 0.15) is 5.82 Å². The monoisotopic (exact) mass is 539 g/mol. The van der Waals surface area contributed by atoms with Gasteiger partial charge in [0.2, 0.25) is 5.91 Å². The van der Waals surface area contributed by atoms with Crippen LogP contribution in [0.3, 0.4) is 0 Å². The van der Waals surface area contributed by atoms with E-state index in [1.165, 1.54) is 23.4 Å². The molecule has 40 heavy (non-hydrogen) atoms. The van der Waals surface area contributed by atoms with Gasteiger partial charge in [0.05, 0.1) is 0 Å². The predicted molar refractivity (Wildman–Crippen MR) is 153 cm³/mol. The first-order valence-corrected chi connectivity index (χ1v) is 13.9. The summed E-state index contributed by atoms with van der Waals surface area (Å²) in [4.78, 5) is 32.9. The highest BCUT2D eigenvalue weighted by Crippen LogP contribution is 2.29. The predicted octanol–water partition coefficient (Wildman–Crippen LogP) is 4.36. The summed E-state index contributed by atoms with van der Waals surface area (Å²) >= 11 is 0. The highest BCUT2D eigenvalue weighted by atomic mass is 19.1. The third kappa shape index (κ3) is 5.78. The summed E-state index contributed by atoms with van der Waals surface area (Å²) in [6.45, 7) is 5.10. The van der Waals surface area contributed by atoms with Crippen LogP contribution in [0.25, 0.3) is 10.9 Å². The number of halogens is 1. The molecule has 8 heteroatoms. The van der Waals surface area contributed by atoms with Crippen LogP contribution >= 0.6 is 0 Å². The summed E-state index contributed by atoms with van der Waals surface area (Å²) in [6.07, 6.45) is 2.70. The van der Waals surface area contributed by atoms with Gasteiger partial charge in [0.15, 0.2) is 0 Å². The molecule has 0 unspecified atom stereocenters. The maximum atomic E-state index is 13.2. The number of carbonyl (C=O) groups is 2. The quantitative estimate of drug-likeness (QED) is 0.325. The van der Waals surface area contributed by atoms with E-state index in [2.05, 4.69) is 20.1 Å². The lowest BCUT2D eigenvalue weighted by Gasteiger charge is -2.32. The minimum atomic E-state index is -0.417. The number of primary amides is 1. The Bertz CT molecular complexity index is 1520. The fourth-order valence-electron chi connectivity index (χ4n) is 5.93. The second-order valence-corrected chi connectivity index (χ2v) is 11.0. The molecule has 0 spiro atoms. The van der Waals surface area contributed by atoms with Gasteiger partial charge in [-0.1, -0.05) is 24.3 Å². The number of aromatic nitrogens is 1. The number of fused-ring (bicyclic) bond motifs is 3. The molecular weight excluding hydrogens is 505 g/mol. The molecule has 3 aromatic carbocycles. The van der Waals surface area contributed by atoms with E-state index >= 15 is 0 Å². The van der Waals surface area contributed by atoms with Gasteiger partial charge in [0, 0.05) is 79.5 Å². The van der Waals surface area contributed by atoms with Crippen molar-refractivity contribution in [1.29, 1.82) is 0 Å². The van der Waals surface area contributed by atoms with Crippen LogP contribution in [0.5, 0.6) is 0 Å². The van der Waals surface area contributed by atoms with Gasteiger partial charge in [-0.15, -0.1) is 0 Å². The first-order valence-electron chi connectivity index (χ1n) is 13.9.